The maximum atomic E-state index is 12.3. The number of carbonyl (C=O) groups is 1. The van der Waals surface area contributed by atoms with Gasteiger partial charge in [-0.1, -0.05) is 31.4 Å². The number of ether oxygens (including phenoxy) is 3. The quantitative estimate of drug-likeness (QED) is 0.801. The van der Waals surface area contributed by atoms with Crippen LogP contribution in [0.2, 0.25) is 0 Å². The summed E-state index contributed by atoms with van der Waals surface area (Å²) in [5, 5.41) is 0. The largest absolute Gasteiger partial charge is 0.453 e. The summed E-state index contributed by atoms with van der Waals surface area (Å²) in [5.41, 5.74) is 1.97. The van der Waals surface area contributed by atoms with Crippen LogP contribution in [-0.4, -0.2) is 37.5 Å². The minimum Gasteiger partial charge on any atom is -0.453 e. The molecule has 0 bridgehead atoms. The van der Waals surface area contributed by atoms with Crippen molar-refractivity contribution in [3.05, 3.63) is 35.4 Å². The Labute approximate surface area is 137 Å². The maximum absolute atomic E-state index is 12.3. The average molecular weight is 316 g/mol. The van der Waals surface area contributed by atoms with Crippen molar-refractivity contribution in [2.75, 3.05) is 13.2 Å². The van der Waals surface area contributed by atoms with Crippen LogP contribution < -0.4 is 0 Å². The first-order valence-electron chi connectivity index (χ1n) is 8.85. The zero-order chi connectivity index (χ0) is 15.6. The monoisotopic (exact) mass is 316 g/mol. The Bertz CT molecular complexity index is 547. The molecule has 0 aromatic heterocycles. The van der Waals surface area contributed by atoms with Crippen LogP contribution >= 0.6 is 0 Å². The second-order valence-electron chi connectivity index (χ2n) is 6.90. The molecular formula is C19H24O4. The van der Waals surface area contributed by atoms with Crippen LogP contribution in [0, 0.1) is 0 Å². The molecule has 0 radical (unpaired) electrons. The number of fused-ring (bicyclic) bond motifs is 1. The number of hydrogen-bond donors (Lipinski definition) is 0. The Morgan fingerprint density at radius 1 is 1.00 bits per heavy atom. The van der Waals surface area contributed by atoms with Gasteiger partial charge in [-0.25, -0.2) is 4.79 Å². The number of carbonyl (C=O) groups excluding carboxylic acids is 1. The first-order chi connectivity index (χ1) is 11.3. The fourth-order valence-electron chi connectivity index (χ4n) is 4.06. The third kappa shape index (κ3) is 3.15. The van der Waals surface area contributed by atoms with Crippen molar-refractivity contribution < 1.29 is 19.0 Å². The van der Waals surface area contributed by atoms with Gasteiger partial charge in [-0.3, -0.25) is 0 Å². The SMILES string of the molecule is O=C(OC1CO[C@@H]2CCO[C@H]12)c1ccc(C2CCCCC2)cc1. The molecule has 3 fully saturated rings. The van der Waals surface area contributed by atoms with Gasteiger partial charge in [0.25, 0.3) is 0 Å². The van der Waals surface area contributed by atoms with Gasteiger partial charge in [-0.2, -0.15) is 0 Å². The van der Waals surface area contributed by atoms with E-state index >= 15 is 0 Å². The van der Waals surface area contributed by atoms with Crippen molar-refractivity contribution in [1.82, 2.24) is 0 Å². The highest BCUT2D eigenvalue weighted by atomic mass is 16.6. The van der Waals surface area contributed by atoms with Crippen molar-refractivity contribution in [3.63, 3.8) is 0 Å². The topological polar surface area (TPSA) is 44.8 Å². The maximum Gasteiger partial charge on any atom is 0.338 e. The van der Waals surface area contributed by atoms with E-state index in [0.29, 0.717) is 24.7 Å². The third-order valence-corrected chi connectivity index (χ3v) is 5.40. The molecule has 2 aliphatic heterocycles. The minimum atomic E-state index is -0.273. The first-order valence-corrected chi connectivity index (χ1v) is 8.85. The summed E-state index contributed by atoms with van der Waals surface area (Å²) in [6.07, 6.45) is 7.17. The van der Waals surface area contributed by atoms with Gasteiger partial charge in [-0.15, -0.1) is 0 Å². The molecule has 1 aromatic rings. The van der Waals surface area contributed by atoms with Gasteiger partial charge in [0.2, 0.25) is 0 Å². The molecule has 2 saturated heterocycles. The van der Waals surface area contributed by atoms with Crippen LogP contribution in [0.5, 0.6) is 0 Å². The van der Waals surface area contributed by atoms with Crippen molar-refractivity contribution in [2.24, 2.45) is 0 Å². The lowest BCUT2D eigenvalue weighted by atomic mass is 9.84. The molecule has 4 heteroatoms. The highest BCUT2D eigenvalue weighted by Crippen LogP contribution is 2.33. The van der Waals surface area contributed by atoms with Crippen molar-refractivity contribution in [2.45, 2.75) is 62.8 Å². The highest BCUT2D eigenvalue weighted by molar-refractivity contribution is 5.89. The van der Waals surface area contributed by atoms with Crippen molar-refractivity contribution in [3.8, 4) is 0 Å². The molecule has 0 amide bonds. The molecule has 4 rings (SSSR count). The second-order valence-corrected chi connectivity index (χ2v) is 6.90. The molecule has 124 valence electrons. The van der Waals surface area contributed by atoms with E-state index in [1.54, 1.807) is 0 Å². The highest BCUT2D eigenvalue weighted by Gasteiger charge is 2.44. The first kappa shape index (κ1) is 15.2. The summed E-state index contributed by atoms with van der Waals surface area (Å²) in [6.45, 7) is 1.14. The lowest BCUT2D eigenvalue weighted by Crippen LogP contribution is -2.32. The number of rotatable bonds is 3. The second kappa shape index (κ2) is 6.62. The predicted octanol–water partition coefficient (Wildman–Crippen LogP) is 3.45. The fourth-order valence-corrected chi connectivity index (χ4v) is 4.06. The van der Waals surface area contributed by atoms with E-state index in [1.165, 1.54) is 37.7 Å². The molecule has 2 heterocycles. The zero-order valence-electron chi connectivity index (χ0n) is 13.4. The van der Waals surface area contributed by atoms with Crippen molar-refractivity contribution >= 4 is 5.97 Å². The van der Waals surface area contributed by atoms with E-state index in [9.17, 15) is 4.79 Å². The Balaban J connectivity index is 1.38. The molecule has 4 nitrogen and oxygen atoms in total. The molecule has 23 heavy (non-hydrogen) atoms. The smallest absolute Gasteiger partial charge is 0.338 e. The molecule has 1 unspecified atom stereocenters. The van der Waals surface area contributed by atoms with Gasteiger partial charge in [0, 0.05) is 6.61 Å². The van der Waals surface area contributed by atoms with Crippen molar-refractivity contribution in [1.29, 1.82) is 0 Å². The normalized spacial score (nSPS) is 31.0. The average Bonchev–Trinajstić information content (AvgIpc) is 3.21. The summed E-state index contributed by atoms with van der Waals surface area (Å²) >= 11 is 0. The van der Waals surface area contributed by atoms with Gasteiger partial charge < -0.3 is 14.2 Å². The molecular weight excluding hydrogens is 292 g/mol. The van der Waals surface area contributed by atoms with Crippen LogP contribution in [0.4, 0.5) is 0 Å². The standard InChI is InChI=1S/C19H24O4/c20-19(23-17-12-22-16-10-11-21-18(16)17)15-8-6-14(7-9-15)13-4-2-1-3-5-13/h6-9,13,16-18H,1-5,10-12H2/t16-,17?,18+/m1/s1. The lowest BCUT2D eigenvalue weighted by Gasteiger charge is -2.22. The van der Waals surface area contributed by atoms with E-state index in [4.69, 9.17) is 14.2 Å². The Kier molecular flexibility index (Phi) is 4.36. The number of benzene rings is 1. The van der Waals surface area contributed by atoms with E-state index in [1.807, 2.05) is 12.1 Å². The summed E-state index contributed by atoms with van der Waals surface area (Å²) in [6, 6.07) is 7.98. The van der Waals surface area contributed by atoms with Gasteiger partial charge in [-0.05, 0) is 42.9 Å². The Morgan fingerprint density at radius 2 is 1.78 bits per heavy atom. The summed E-state index contributed by atoms with van der Waals surface area (Å²) < 4.78 is 16.9. The summed E-state index contributed by atoms with van der Waals surface area (Å²) in [5.74, 6) is 0.384. The van der Waals surface area contributed by atoms with Gasteiger partial charge in [0.05, 0.1) is 18.3 Å². The summed E-state index contributed by atoms with van der Waals surface area (Å²) in [4.78, 5) is 12.3. The molecule has 3 aliphatic rings. The Hall–Kier alpha value is -1.39. The van der Waals surface area contributed by atoms with Crippen LogP contribution in [0.1, 0.15) is 60.4 Å². The van der Waals surface area contributed by atoms with Crippen LogP contribution in [-0.2, 0) is 14.2 Å². The van der Waals surface area contributed by atoms with E-state index < -0.39 is 0 Å². The van der Waals surface area contributed by atoms with E-state index in [2.05, 4.69) is 12.1 Å². The zero-order valence-corrected chi connectivity index (χ0v) is 13.4. The van der Waals surface area contributed by atoms with Crippen LogP contribution in [0.15, 0.2) is 24.3 Å². The Morgan fingerprint density at radius 3 is 2.57 bits per heavy atom. The predicted molar refractivity (Wildman–Crippen MR) is 85.6 cm³/mol. The fraction of sp³-hybridized carbons (Fsp3) is 0.632. The number of hydrogen-bond acceptors (Lipinski definition) is 4. The van der Waals surface area contributed by atoms with Crippen LogP contribution in [0.25, 0.3) is 0 Å². The third-order valence-electron chi connectivity index (χ3n) is 5.40. The molecule has 0 N–H and O–H groups in total. The molecule has 3 atom stereocenters. The minimum absolute atomic E-state index is 0.0829. The molecule has 1 saturated carbocycles. The van der Waals surface area contributed by atoms with Crippen LogP contribution in [0.3, 0.4) is 0 Å². The number of esters is 1. The van der Waals surface area contributed by atoms with Gasteiger partial charge >= 0.3 is 5.97 Å². The lowest BCUT2D eigenvalue weighted by molar-refractivity contribution is -0.0148. The van der Waals surface area contributed by atoms with E-state index in [0.717, 1.165) is 6.42 Å². The van der Waals surface area contributed by atoms with Gasteiger partial charge in [0.1, 0.15) is 6.10 Å². The molecule has 0 spiro atoms. The summed E-state index contributed by atoms with van der Waals surface area (Å²) in [7, 11) is 0. The molecule has 1 aromatic carbocycles. The van der Waals surface area contributed by atoms with E-state index in [-0.39, 0.29) is 24.3 Å². The molecule has 1 aliphatic carbocycles. The van der Waals surface area contributed by atoms with Gasteiger partial charge in [0.15, 0.2) is 6.10 Å².